The molecule has 0 bridgehead atoms. The molecular weight excluding hydrogens is 769 g/mol. The maximum absolute atomic E-state index is 7.02. The molecule has 0 amide bonds. The van der Waals surface area contributed by atoms with Gasteiger partial charge in [0.1, 0.15) is 17.1 Å². The molecule has 0 fully saturated rings. The smallest absolute Gasteiger partial charge is 0.159 e. The zero-order valence-electron chi connectivity index (χ0n) is 34.8. The lowest BCUT2D eigenvalue weighted by Crippen LogP contribution is -2.16. The van der Waals surface area contributed by atoms with E-state index in [2.05, 4.69) is 218 Å². The van der Waals surface area contributed by atoms with Crippen molar-refractivity contribution in [2.24, 2.45) is 0 Å². The van der Waals surface area contributed by atoms with Crippen molar-refractivity contribution in [2.75, 3.05) is 9.80 Å². The molecule has 2 heterocycles. The van der Waals surface area contributed by atoms with E-state index in [1.807, 2.05) is 12.1 Å². The van der Waals surface area contributed by atoms with Gasteiger partial charge < -0.3 is 19.0 Å². The number of fused-ring (bicyclic) bond motifs is 9. The topological polar surface area (TPSA) is 28.9 Å². The predicted octanol–water partition coefficient (Wildman–Crippen LogP) is 16.9. The summed E-state index contributed by atoms with van der Waals surface area (Å²) in [5, 5.41) is 6.77. The number of furan rings is 1. The SMILES string of the molecule is CC1(C)c2ccccc2-c2ccc(N(c3ccccc3)c3ccc4c5c(cccc35)Oc3cc(N(c5ccc6ccccc6c5)c5cccc6c5oc5ccccc56)ccc3-4)cc21. The van der Waals surface area contributed by atoms with Gasteiger partial charge in [-0.3, -0.25) is 0 Å². The van der Waals surface area contributed by atoms with Gasteiger partial charge in [-0.25, -0.2) is 0 Å². The van der Waals surface area contributed by atoms with E-state index in [9.17, 15) is 0 Å². The summed E-state index contributed by atoms with van der Waals surface area (Å²) in [5.41, 5.74) is 15.4. The summed E-state index contributed by atoms with van der Waals surface area (Å²) in [5.74, 6) is 1.65. The van der Waals surface area contributed by atoms with Gasteiger partial charge in [0, 0.05) is 55.7 Å². The van der Waals surface area contributed by atoms with Crippen LogP contribution >= 0.6 is 0 Å². The fraction of sp³-hybridized carbons (Fsp3) is 0.0508. The van der Waals surface area contributed by atoms with Gasteiger partial charge in [-0.2, -0.15) is 0 Å². The minimum Gasteiger partial charge on any atom is -0.456 e. The Morgan fingerprint density at radius 2 is 1.03 bits per heavy atom. The van der Waals surface area contributed by atoms with E-state index < -0.39 is 0 Å². The van der Waals surface area contributed by atoms with Gasteiger partial charge in [-0.05, 0) is 111 Å². The number of hydrogen-bond donors (Lipinski definition) is 0. The van der Waals surface area contributed by atoms with E-state index in [1.165, 1.54) is 33.0 Å². The molecule has 0 unspecified atom stereocenters. The molecule has 1 aromatic heterocycles. The second-order valence-corrected chi connectivity index (χ2v) is 17.3. The average molecular weight is 809 g/mol. The highest BCUT2D eigenvalue weighted by molar-refractivity contribution is 6.13. The molecule has 4 nitrogen and oxygen atoms in total. The van der Waals surface area contributed by atoms with Crippen LogP contribution in [0.1, 0.15) is 25.0 Å². The third kappa shape index (κ3) is 5.34. The molecule has 11 aromatic rings. The van der Waals surface area contributed by atoms with Crippen molar-refractivity contribution >= 4 is 77.6 Å². The van der Waals surface area contributed by atoms with E-state index >= 15 is 0 Å². The van der Waals surface area contributed by atoms with Crippen LogP contribution < -0.4 is 14.5 Å². The van der Waals surface area contributed by atoms with Gasteiger partial charge in [0.15, 0.2) is 5.58 Å². The maximum Gasteiger partial charge on any atom is 0.159 e. The zero-order chi connectivity index (χ0) is 41.8. The summed E-state index contributed by atoms with van der Waals surface area (Å²) >= 11 is 0. The molecule has 0 N–H and O–H groups in total. The van der Waals surface area contributed by atoms with Crippen molar-refractivity contribution in [1.82, 2.24) is 0 Å². The van der Waals surface area contributed by atoms with Crippen molar-refractivity contribution in [3.05, 3.63) is 217 Å². The Hall–Kier alpha value is -8.08. The first kappa shape index (κ1) is 35.7. The molecule has 10 aromatic carbocycles. The van der Waals surface area contributed by atoms with Crippen LogP contribution in [0.15, 0.2) is 211 Å². The summed E-state index contributed by atoms with van der Waals surface area (Å²) in [6, 6.07) is 74.0. The molecule has 1 aliphatic heterocycles. The van der Waals surface area contributed by atoms with Gasteiger partial charge in [0.25, 0.3) is 0 Å². The molecule has 0 atom stereocenters. The highest BCUT2D eigenvalue weighted by atomic mass is 16.5. The van der Waals surface area contributed by atoms with Crippen molar-refractivity contribution in [1.29, 1.82) is 0 Å². The van der Waals surface area contributed by atoms with Crippen LogP contribution in [-0.4, -0.2) is 0 Å². The van der Waals surface area contributed by atoms with E-state index in [-0.39, 0.29) is 5.41 Å². The number of nitrogens with zero attached hydrogens (tertiary/aromatic N) is 2. The monoisotopic (exact) mass is 808 g/mol. The van der Waals surface area contributed by atoms with Crippen LogP contribution in [0.5, 0.6) is 11.5 Å². The Morgan fingerprint density at radius 3 is 1.94 bits per heavy atom. The lowest BCUT2D eigenvalue weighted by atomic mass is 9.82. The third-order valence-electron chi connectivity index (χ3n) is 13.4. The molecule has 1 aliphatic carbocycles. The molecule has 0 radical (unpaired) electrons. The third-order valence-corrected chi connectivity index (χ3v) is 13.4. The Morgan fingerprint density at radius 1 is 0.381 bits per heavy atom. The average Bonchev–Trinajstić information content (AvgIpc) is 3.82. The predicted molar refractivity (Wildman–Crippen MR) is 261 cm³/mol. The van der Waals surface area contributed by atoms with Gasteiger partial charge >= 0.3 is 0 Å². The van der Waals surface area contributed by atoms with Crippen LogP contribution in [0.2, 0.25) is 0 Å². The molecular formula is C59H40N2O2. The van der Waals surface area contributed by atoms with Crippen molar-refractivity contribution < 1.29 is 9.15 Å². The molecule has 0 saturated heterocycles. The van der Waals surface area contributed by atoms with Crippen LogP contribution in [0.3, 0.4) is 0 Å². The van der Waals surface area contributed by atoms with Crippen LogP contribution in [0.25, 0.3) is 65.7 Å². The summed E-state index contributed by atoms with van der Waals surface area (Å²) in [6.45, 7) is 4.69. The second kappa shape index (κ2) is 13.5. The number of para-hydroxylation sites is 3. The number of rotatable bonds is 6. The lowest BCUT2D eigenvalue weighted by molar-refractivity contribution is 0.487. The number of benzene rings is 10. The van der Waals surface area contributed by atoms with Crippen LogP contribution in [0.4, 0.5) is 34.1 Å². The van der Waals surface area contributed by atoms with E-state index in [0.717, 1.165) is 89.5 Å². The minimum absolute atomic E-state index is 0.122. The van der Waals surface area contributed by atoms with Gasteiger partial charge in [0.05, 0.1) is 17.1 Å². The quantitative estimate of drug-likeness (QED) is 0.167. The zero-order valence-corrected chi connectivity index (χ0v) is 34.8. The molecule has 13 rings (SSSR count). The van der Waals surface area contributed by atoms with Crippen molar-refractivity contribution in [3.8, 4) is 33.8 Å². The van der Waals surface area contributed by atoms with E-state index in [4.69, 9.17) is 9.15 Å². The van der Waals surface area contributed by atoms with Gasteiger partial charge in [0.2, 0.25) is 0 Å². The summed E-state index contributed by atoms with van der Waals surface area (Å²) < 4.78 is 13.7. The maximum atomic E-state index is 7.02. The standard InChI is InChI=1S/C59H40N2O2/c1-59(2)50-22-10-8-18-43(50)44-30-28-41(35-51(44)59)60(39-16-4-3-5-17-39)52-33-32-47-46-31-29-42(36-56(46)62-55-25-13-21-49(52)57(47)55)61(40-27-26-37-14-6-7-15-38(37)34-40)53-23-12-20-48-45-19-9-11-24-54(45)63-58(48)53/h3-36H,1-2H3. The second-order valence-electron chi connectivity index (χ2n) is 17.3. The minimum atomic E-state index is -0.122. The summed E-state index contributed by atoms with van der Waals surface area (Å²) in [7, 11) is 0. The molecule has 0 saturated carbocycles. The largest absolute Gasteiger partial charge is 0.456 e. The number of anilines is 6. The summed E-state index contributed by atoms with van der Waals surface area (Å²) in [6.07, 6.45) is 0. The Bertz CT molecular complexity index is 3660. The first-order valence-corrected chi connectivity index (χ1v) is 21.7. The number of ether oxygens (including phenoxy) is 1. The summed E-state index contributed by atoms with van der Waals surface area (Å²) in [4.78, 5) is 4.70. The number of hydrogen-bond acceptors (Lipinski definition) is 4. The fourth-order valence-electron chi connectivity index (χ4n) is 10.4. The highest BCUT2D eigenvalue weighted by Crippen LogP contribution is 2.54. The first-order chi connectivity index (χ1) is 31.0. The van der Waals surface area contributed by atoms with Gasteiger partial charge in [-0.15, -0.1) is 0 Å². The normalized spacial score (nSPS) is 13.2. The Balaban J connectivity index is 0.965. The van der Waals surface area contributed by atoms with E-state index in [0.29, 0.717) is 0 Å². The Kier molecular flexibility index (Phi) is 7.62. The van der Waals surface area contributed by atoms with Crippen LogP contribution in [0, 0.1) is 0 Å². The Labute approximate surface area is 365 Å². The molecule has 0 spiro atoms. The van der Waals surface area contributed by atoms with Crippen molar-refractivity contribution in [2.45, 2.75) is 19.3 Å². The fourth-order valence-corrected chi connectivity index (χ4v) is 10.4. The van der Waals surface area contributed by atoms with Crippen molar-refractivity contribution in [3.63, 3.8) is 0 Å². The van der Waals surface area contributed by atoms with Gasteiger partial charge in [-0.1, -0.05) is 141 Å². The molecule has 298 valence electrons. The molecule has 63 heavy (non-hydrogen) atoms. The first-order valence-electron chi connectivity index (χ1n) is 21.7. The molecule has 4 heteroatoms. The highest BCUT2D eigenvalue weighted by Gasteiger charge is 2.36. The van der Waals surface area contributed by atoms with E-state index in [1.54, 1.807) is 0 Å². The molecule has 2 aliphatic rings. The van der Waals surface area contributed by atoms with Crippen LogP contribution in [-0.2, 0) is 5.41 Å². The lowest BCUT2D eigenvalue weighted by Gasteiger charge is -2.31.